The maximum atomic E-state index is 13.0. The van der Waals surface area contributed by atoms with E-state index in [1.54, 1.807) is 9.58 Å². The summed E-state index contributed by atoms with van der Waals surface area (Å²) in [6.45, 7) is 3.53. The number of nitrogens with one attached hydrogen (secondary N) is 1. The van der Waals surface area contributed by atoms with E-state index >= 15 is 0 Å². The number of anilines is 1. The Morgan fingerprint density at radius 3 is 2.71 bits per heavy atom. The number of thioether (sulfide) groups is 1. The van der Waals surface area contributed by atoms with Crippen LogP contribution in [0, 0.1) is 0 Å². The van der Waals surface area contributed by atoms with Gasteiger partial charge in [-0.05, 0) is 28.6 Å². The highest BCUT2D eigenvalue weighted by Gasteiger charge is 2.44. The third-order valence-electron chi connectivity index (χ3n) is 4.53. The van der Waals surface area contributed by atoms with E-state index in [9.17, 15) is 9.59 Å². The van der Waals surface area contributed by atoms with Gasteiger partial charge in [0.15, 0.2) is 0 Å². The van der Waals surface area contributed by atoms with Gasteiger partial charge < -0.3 is 0 Å². The molecule has 0 spiro atoms. The fraction of sp³-hybridized carbons (Fsp3) is 0.200. The minimum Gasteiger partial charge on any atom is -0.291 e. The Hall–Kier alpha value is -2.45. The average Bonchev–Trinajstić information content (AvgIpc) is 2.67. The van der Waals surface area contributed by atoms with Crippen LogP contribution in [-0.2, 0) is 4.79 Å². The van der Waals surface area contributed by atoms with Crippen LogP contribution in [0.1, 0.15) is 25.6 Å². The number of rotatable bonds is 3. The monoisotopic (exact) mass is 457 g/mol. The largest absolute Gasteiger partial charge is 0.325 e. The van der Waals surface area contributed by atoms with Gasteiger partial charge in [0.05, 0.1) is 11.3 Å². The lowest BCUT2D eigenvalue weighted by atomic mass is 10.0. The van der Waals surface area contributed by atoms with E-state index in [4.69, 9.17) is 5.10 Å². The van der Waals surface area contributed by atoms with Crippen molar-refractivity contribution in [2.45, 2.75) is 25.2 Å². The van der Waals surface area contributed by atoms with Crippen molar-refractivity contribution in [3.8, 4) is 11.3 Å². The van der Waals surface area contributed by atoms with Gasteiger partial charge in [-0.1, -0.05) is 64.9 Å². The Balaban J connectivity index is 2.09. The van der Waals surface area contributed by atoms with Crippen molar-refractivity contribution in [1.29, 1.82) is 0 Å². The Bertz CT molecular complexity index is 1120. The number of fused-ring (bicyclic) bond motifs is 3. The van der Waals surface area contributed by atoms with Crippen molar-refractivity contribution >= 4 is 39.3 Å². The third-order valence-corrected chi connectivity index (χ3v) is 5.77. The molecule has 3 aromatic rings. The maximum Gasteiger partial charge on any atom is 0.325 e. The second-order valence-electron chi connectivity index (χ2n) is 6.32. The van der Waals surface area contributed by atoms with Crippen molar-refractivity contribution in [1.82, 2.24) is 10.1 Å². The summed E-state index contributed by atoms with van der Waals surface area (Å²) in [5, 5.41) is 5.22. The Labute approximate surface area is 174 Å². The molecule has 142 valence electrons. The second-order valence-corrected chi connectivity index (χ2v) is 8.49. The van der Waals surface area contributed by atoms with Crippen LogP contribution in [0.25, 0.3) is 11.3 Å². The summed E-state index contributed by atoms with van der Waals surface area (Å²) in [4.78, 5) is 30.3. The number of aromatic nitrogens is 3. The minimum absolute atomic E-state index is 0.123. The van der Waals surface area contributed by atoms with Gasteiger partial charge in [-0.25, -0.2) is 4.90 Å². The molecule has 0 radical (unpaired) electrons. The molecular weight excluding hydrogens is 440 g/mol. The normalized spacial score (nSPS) is 15.1. The number of amides is 1. The SMILES string of the molecule is CCSc1n[n+]2c(c(=O)[nH]1)-c1cc(Br)ccc1N(C(C)=O)C2c1ccccc1. The molecule has 1 unspecified atom stereocenters. The van der Waals surface area contributed by atoms with E-state index in [0.717, 1.165) is 15.8 Å². The highest BCUT2D eigenvalue weighted by Crippen LogP contribution is 2.38. The number of aromatic amines is 1. The van der Waals surface area contributed by atoms with Crippen molar-refractivity contribution in [3.05, 3.63) is 68.9 Å². The summed E-state index contributed by atoms with van der Waals surface area (Å²) in [5.41, 5.74) is 2.44. The number of hydrogen-bond donors (Lipinski definition) is 1. The van der Waals surface area contributed by atoms with Gasteiger partial charge in [0.25, 0.3) is 6.17 Å². The van der Waals surface area contributed by atoms with Gasteiger partial charge in [0.1, 0.15) is 0 Å². The summed E-state index contributed by atoms with van der Waals surface area (Å²) in [6, 6.07) is 15.2. The molecule has 1 aliphatic rings. The van der Waals surface area contributed by atoms with Gasteiger partial charge in [-0.3, -0.25) is 14.6 Å². The lowest BCUT2D eigenvalue weighted by Crippen LogP contribution is -2.60. The van der Waals surface area contributed by atoms with Crippen LogP contribution in [-0.4, -0.2) is 21.7 Å². The summed E-state index contributed by atoms with van der Waals surface area (Å²) >= 11 is 4.93. The first-order valence-electron chi connectivity index (χ1n) is 8.85. The van der Waals surface area contributed by atoms with Crippen LogP contribution in [0.15, 0.2) is 63.0 Å². The van der Waals surface area contributed by atoms with Crippen molar-refractivity contribution in [2.24, 2.45) is 0 Å². The summed E-state index contributed by atoms with van der Waals surface area (Å²) in [6.07, 6.45) is -0.541. The fourth-order valence-corrected chi connectivity index (χ4v) is 4.41. The van der Waals surface area contributed by atoms with E-state index < -0.39 is 6.17 Å². The Morgan fingerprint density at radius 1 is 1.29 bits per heavy atom. The molecular formula is C20H18BrN4O2S+. The zero-order valence-corrected chi connectivity index (χ0v) is 17.8. The molecule has 2 heterocycles. The number of benzene rings is 2. The van der Waals surface area contributed by atoms with Crippen LogP contribution in [0.4, 0.5) is 5.69 Å². The van der Waals surface area contributed by atoms with Crippen LogP contribution in [0.5, 0.6) is 0 Å². The first-order chi connectivity index (χ1) is 13.5. The molecule has 4 rings (SSSR count). The van der Waals surface area contributed by atoms with Crippen LogP contribution >= 0.6 is 27.7 Å². The lowest BCUT2D eigenvalue weighted by molar-refractivity contribution is -0.763. The minimum atomic E-state index is -0.541. The van der Waals surface area contributed by atoms with E-state index in [1.807, 2.05) is 55.5 Å². The van der Waals surface area contributed by atoms with Gasteiger partial charge >= 0.3 is 11.3 Å². The number of H-pyrrole nitrogens is 1. The Kier molecular flexibility index (Phi) is 5.07. The number of carbonyl (C=O) groups excluding carboxylic acids is 1. The zero-order valence-electron chi connectivity index (χ0n) is 15.3. The first kappa shape index (κ1) is 18.9. The Morgan fingerprint density at radius 2 is 2.04 bits per heavy atom. The molecule has 8 heteroatoms. The van der Waals surface area contributed by atoms with Crippen LogP contribution < -0.4 is 15.1 Å². The first-order valence-corrected chi connectivity index (χ1v) is 10.6. The smallest absolute Gasteiger partial charge is 0.291 e. The highest BCUT2D eigenvalue weighted by molar-refractivity contribution is 9.10. The molecule has 1 aliphatic heterocycles. The van der Waals surface area contributed by atoms with E-state index in [-0.39, 0.29) is 11.5 Å². The van der Waals surface area contributed by atoms with Gasteiger partial charge in [0, 0.05) is 22.1 Å². The molecule has 0 saturated heterocycles. The number of nitrogens with zero attached hydrogens (tertiary/aromatic N) is 3. The van der Waals surface area contributed by atoms with Crippen molar-refractivity contribution in [3.63, 3.8) is 0 Å². The van der Waals surface area contributed by atoms with E-state index in [1.165, 1.54) is 18.7 Å². The maximum absolute atomic E-state index is 13.0. The topological polar surface area (TPSA) is 69.9 Å². The summed E-state index contributed by atoms with van der Waals surface area (Å²) in [7, 11) is 0. The highest BCUT2D eigenvalue weighted by atomic mass is 79.9. The molecule has 0 saturated carbocycles. The molecule has 1 amide bonds. The van der Waals surface area contributed by atoms with Gasteiger partial charge in [-0.2, -0.15) is 0 Å². The predicted molar refractivity (Wildman–Crippen MR) is 112 cm³/mol. The molecule has 28 heavy (non-hydrogen) atoms. The van der Waals surface area contributed by atoms with Crippen molar-refractivity contribution in [2.75, 3.05) is 10.7 Å². The summed E-state index contributed by atoms with van der Waals surface area (Å²) in [5.74, 6) is 0.652. The quantitative estimate of drug-likeness (QED) is 0.482. The fourth-order valence-electron chi connectivity index (χ4n) is 3.46. The molecule has 1 aromatic heterocycles. The zero-order chi connectivity index (χ0) is 19.8. The number of carbonyl (C=O) groups is 1. The van der Waals surface area contributed by atoms with Crippen molar-refractivity contribution < 1.29 is 9.48 Å². The van der Waals surface area contributed by atoms with E-state index in [0.29, 0.717) is 22.1 Å². The van der Waals surface area contributed by atoms with E-state index in [2.05, 4.69) is 20.9 Å². The third kappa shape index (κ3) is 3.16. The number of halogens is 1. The van der Waals surface area contributed by atoms with Crippen LogP contribution in [0.2, 0.25) is 0 Å². The van der Waals surface area contributed by atoms with Crippen LogP contribution in [0.3, 0.4) is 0 Å². The molecule has 0 bridgehead atoms. The molecule has 6 nitrogen and oxygen atoms in total. The van der Waals surface area contributed by atoms with Gasteiger partial charge in [0.2, 0.25) is 11.1 Å². The number of hydrogen-bond acceptors (Lipinski definition) is 4. The standard InChI is InChI=1S/C20H17BrN4O2S/c1-3-28-20-22-18(27)17-15-11-14(21)9-10-16(15)24(12(2)26)19(25(17)23-20)13-7-5-4-6-8-13/h4-11,19H,3H2,1-2H3/p+1. The van der Waals surface area contributed by atoms with Gasteiger partial charge in [-0.15, -0.1) is 0 Å². The molecule has 2 aromatic carbocycles. The average molecular weight is 458 g/mol. The molecule has 0 fully saturated rings. The predicted octanol–water partition coefficient (Wildman–Crippen LogP) is 3.51. The molecule has 1 N–H and O–H groups in total. The second kappa shape index (κ2) is 7.52. The molecule has 1 atom stereocenters. The lowest BCUT2D eigenvalue weighted by Gasteiger charge is -2.31. The molecule has 0 aliphatic carbocycles. The summed E-state index contributed by atoms with van der Waals surface area (Å²) < 4.78 is 2.49.